The van der Waals surface area contributed by atoms with Crippen molar-refractivity contribution in [2.45, 2.75) is 33.7 Å². The van der Waals surface area contributed by atoms with Gasteiger partial charge in [-0.2, -0.15) is 0 Å². The van der Waals surface area contributed by atoms with Crippen LogP contribution in [0.25, 0.3) is 0 Å². The second kappa shape index (κ2) is 6.65. The van der Waals surface area contributed by atoms with Crippen LogP contribution in [0, 0.1) is 12.8 Å². The number of nitrogens with zero attached hydrogens (tertiary/aromatic N) is 1. The molecule has 1 aromatic heterocycles. The molecule has 0 spiro atoms. The van der Waals surface area contributed by atoms with Gasteiger partial charge in [0.1, 0.15) is 6.04 Å². The third-order valence-electron chi connectivity index (χ3n) is 2.72. The van der Waals surface area contributed by atoms with Gasteiger partial charge in [0.2, 0.25) is 11.8 Å². The zero-order chi connectivity index (χ0) is 14.6. The van der Waals surface area contributed by atoms with Crippen LogP contribution in [-0.4, -0.2) is 22.8 Å². The van der Waals surface area contributed by atoms with Crippen LogP contribution < -0.4 is 10.6 Å². The lowest BCUT2D eigenvalue weighted by Gasteiger charge is -2.21. The largest absolute Gasteiger partial charge is 0.344 e. The molecule has 0 aliphatic rings. The van der Waals surface area contributed by atoms with Gasteiger partial charge in [-0.1, -0.05) is 13.8 Å². The van der Waals surface area contributed by atoms with Crippen LogP contribution in [0.1, 0.15) is 26.3 Å². The molecule has 2 N–H and O–H groups in total. The van der Waals surface area contributed by atoms with Gasteiger partial charge in [-0.3, -0.25) is 14.6 Å². The van der Waals surface area contributed by atoms with Gasteiger partial charge in [-0.15, -0.1) is 0 Å². The Morgan fingerprint density at radius 2 is 1.95 bits per heavy atom. The molecule has 0 fully saturated rings. The number of hydrogen-bond acceptors (Lipinski definition) is 3. The maximum Gasteiger partial charge on any atom is 0.247 e. The molecular weight excluding hydrogens is 310 g/mol. The quantitative estimate of drug-likeness (QED) is 0.890. The molecule has 6 heteroatoms. The smallest absolute Gasteiger partial charge is 0.247 e. The number of aromatic nitrogens is 1. The lowest BCUT2D eigenvalue weighted by atomic mass is 10.0. The van der Waals surface area contributed by atoms with E-state index in [0.717, 1.165) is 10.0 Å². The Labute approximate surface area is 121 Å². The van der Waals surface area contributed by atoms with E-state index in [1.807, 2.05) is 20.8 Å². The molecule has 2 amide bonds. The number of carbonyl (C=O) groups excluding carboxylic acids is 2. The molecule has 0 radical (unpaired) electrons. The van der Waals surface area contributed by atoms with E-state index in [1.165, 1.54) is 6.92 Å². The molecule has 0 unspecified atom stereocenters. The average molecular weight is 328 g/mol. The molecule has 5 nitrogen and oxygen atoms in total. The first-order valence-corrected chi connectivity index (χ1v) is 6.80. The summed E-state index contributed by atoms with van der Waals surface area (Å²) in [5.41, 5.74) is 1.53. The van der Waals surface area contributed by atoms with Gasteiger partial charge in [0.25, 0.3) is 0 Å². The Morgan fingerprint density at radius 1 is 1.32 bits per heavy atom. The van der Waals surface area contributed by atoms with E-state index < -0.39 is 6.04 Å². The van der Waals surface area contributed by atoms with Crippen LogP contribution >= 0.6 is 15.9 Å². The number of amides is 2. The number of pyridine rings is 1. The molecule has 1 aromatic rings. The molecule has 0 bridgehead atoms. The molecule has 0 aromatic carbocycles. The first kappa shape index (κ1) is 15.6. The minimum absolute atomic E-state index is 0.00400. The summed E-state index contributed by atoms with van der Waals surface area (Å²) in [6.07, 6.45) is 3.25. The van der Waals surface area contributed by atoms with Crippen LogP contribution in [0.5, 0.6) is 0 Å². The molecule has 19 heavy (non-hydrogen) atoms. The van der Waals surface area contributed by atoms with E-state index in [9.17, 15) is 9.59 Å². The minimum Gasteiger partial charge on any atom is -0.344 e. The van der Waals surface area contributed by atoms with Crippen LogP contribution in [0.15, 0.2) is 16.9 Å². The van der Waals surface area contributed by atoms with Crippen molar-refractivity contribution in [3.63, 3.8) is 0 Å². The summed E-state index contributed by atoms with van der Waals surface area (Å²) in [4.78, 5) is 27.3. The molecule has 1 atom stereocenters. The highest BCUT2D eigenvalue weighted by molar-refractivity contribution is 9.10. The molecule has 0 saturated heterocycles. The van der Waals surface area contributed by atoms with Gasteiger partial charge < -0.3 is 10.6 Å². The summed E-state index contributed by atoms with van der Waals surface area (Å²) < 4.78 is 0.825. The normalized spacial score (nSPS) is 12.1. The Balaban J connectivity index is 2.87. The summed E-state index contributed by atoms with van der Waals surface area (Å²) in [6, 6.07) is -0.559. The molecule has 1 heterocycles. The molecule has 1 rings (SSSR count). The second-order valence-electron chi connectivity index (χ2n) is 4.71. The summed E-state index contributed by atoms with van der Waals surface area (Å²) in [5.74, 6) is -0.463. The van der Waals surface area contributed by atoms with Crippen LogP contribution in [-0.2, 0) is 9.59 Å². The zero-order valence-corrected chi connectivity index (χ0v) is 13.0. The van der Waals surface area contributed by atoms with E-state index in [2.05, 4.69) is 31.5 Å². The van der Waals surface area contributed by atoms with Crippen LogP contribution in [0.4, 0.5) is 5.69 Å². The fourth-order valence-corrected chi connectivity index (χ4v) is 1.92. The predicted octanol–water partition coefficient (Wildman–Crippen LogP) is 2.25. The van der Waals surface area contributed by atoms with Crippen molar-refractivity contribution in [3.05, 3.63) is 22.4 Å². The standard InChI is InChI=1S/C13H18BrN3O2/c1-7(2)12(16-9(4)18)13(19)17-11-6-15-5-10(14)8(11)3/h5-7,12H,1-4H3,(H,16,18)(H,17,19)/t12-/m1/s1. The summed E-state index contributed by atoms with van der Waals surface area (Å²) in [6.45, 7) is 7.04. The number of anilines is 1. The molecule has 0 aliphatic heterocycles. The summed E-state index contributed by atoms with van der Waals surface area (Å²) >= 11 is 3.36. The van der Waals surface area contributed by atoms with Gasteiger partial charge in [0.05, 0.1) is 11.9 Å². The van der Waals surface area contributed by atoms with Crippen molar-refractivity contribution >= 4 is 33.4 Å². The SMILES string of the molecule is CC(=O)N[C@@H](C(=O)Nc1cncc(Br)c1C)C(C)C. The van der Waals surface area contributed by atoms with Gasteiger partial charge in [0.15, 0.2) is 0 Å². The Kier molecular flexibility index (Phi) is 5.47. The lowest BCUT2D eigenvalue weighted by Crippen LogP contribution is -2.46. The van der Waals surface area contributed by atoms with Gasteiger partial charge in [-0.25, -0.2) is 0 Å². The van der Waals surface area contributed by atoms with Gasteiger partial charge in [0, 0.05) is 17.6 Å². The highest BCUT2D eigenvalue weighted by Gasteiger charge is 2.23. The van der Waals surface area contributed by atoms with Crippen molar-refractivity contribution in [1.82, 2.24) is 10.3 Å². The maximum atomic E-state index is 12.2. The van der Waals surface area contributed by atoms with Crippen molar-refractivity contribution in [3.8, 4) is 0 Å². The number of carbonyl (C=O) groups is 2. The third kappa shape index (κ3) is 4.31. The van der Waals surface area contributed by atoms with Crippen molar-refractivity contribution in [2.24, 2.45) is 5.92 Å². The Bertz CT molecular complexity index is 489. The average Bonchev–Trinajstić information content (AvgIpc) is 2.31. The van der Waals surface area contributed by atoms with Gasteiger partial charge in [-0.05, 0) is 34.3 Å². The first-order chi connectivity index (χ1) is 8.82. The lowest BCUT2D eigenvalue weighted by molar-refractivity contribution is -0.126. The van der Waals surface area contributed by atoms with E-state index >= 15 is 0 Å². The van der Waals surface area contributed by atoms with Crippen molar-refractivity contribution in [2.75, 3.05) is 5.32 Å². The van der Waals surface area contributed by atoms with E-state index in [-0.39, 0.29) is 17.7 Å². The molecule has 104 valence electrons. The van der Waals surface area contributed by atoms with E-state index in [4.69, 9.17) is 0 Å². The first-order valence-electron chi connectivity index (χ1n) is 6.01. The fraction of sp³-hybridized carbons (Fsp3) is 0.462. The third-order valence-corrected chi connectivity index (χ3v) is 3.52. The number of nitrogens with one attached hydrogen (secondary N) is 2. The zero-order valence-electron chi connectivity index (χ0n) is 11.5. The fourth-order valence-electron chi connectivity index (χ4n) is 1.59. The summed E-state index contributed by atoms with van der Waals surface area (Å²) in [5, 5.41) is 5.44. The minimum atomic E-state index is -0.559. The Morgan fingerprint density at radius 3 is 2.47 bits per heavy atom. The van der Waals surface area contributed by atoms with Crippen LogP contribution in [0.3, 0.4) is 0 Å². The monoisotopic (exact) mass is 327 g/mol. The second-order valence-corrected chi connectivity index (χ2v) is 5.56. The van der Waals surface area contributed by atoms with Gasteiger partial charge >= 0.3 is 0 Å². The van der Waals surface area contributed by atoms with E-state index in [1.54, 1.807) is 12.4 Å². The van der Waals surface area contributed by atoms with E-state index in [0.29, 0.717) is 5.69 Å². The highest BCUT2D eigenvalue weighted by atomic mass is 79.9. The summed E-state index contributed by atoms with van der Waals surface area (Å²) in [7, 11) is 0. The maximum absolute atomic E-state index is 12.2. The highest BCUT2D eigenvalue weighted by Crippen LogP contribution is 2.22. The van der Waals surface area contributed by atoms with Crippen molar-refractivity contribution in [1.29, 1.82) is 0 Å². The number of hydrogen-bond donors (Lipinski definition) is 2. The number of rotatable bonds is 4. The molecule has 0 saturated carbocycles. The topological polar surface area (TPSA) is 71.1 Å². The molecule has 0 aliphatic carbocycles. The van der Waals surface area contributed by atoms with Crippen molar-refractivity contribution < 1.29 is 9.59 Å². The number of halogens is 1. The Hall–Kier alpha value is -1.43. The van der Waals surface area contributed by atoms with Crippen LogP contribution in [0.2, 0.25) is 0 Å². The molecular formula is C13H18BrN3O2. The predicted molar refractivity (Wildman–Crippen MR) is 77.7 cm³/mol.